The van der Waals surface area contributed by atoms with Gasteiger partial charge in [0.05, 0.1) is 17.3 Å². The molecule has 27 heavy (non-hydrogen) atoms. The van der Waals surface area contributed by atoms with Crippen molar-refractivity contribution in [3.63, 3.8) is 0 Å². The molecular formula is C20H23Cl2N3O2. The van der Waals surface area contributed by atoms with Crippen LogP contribution in [0, 0.1) is 0 Å². The van der Waals surface area contributed by atoms with Gasteiger partial charge in [-0.3, -0.25) is 4.79 Å². The molecule has 1 N–H and O–H groups in total. The van der Waals surface area contributed by atoms with Crippen LogP contribution in [0.1, 0.15) is 33.1 Å². The first-order valence-electron chi connectivity index (χ1n) is 9.08. The van der Waals surface area contributed by atoms with Crippen LogP contribution in [0.4, 0.5) is 5.69 Å². The molecule has 144 valence electrons. The fraction of sp³-hybridized carbons (Fsp3) is 0.400. The summed E-state index contributed by atoms with van der Waals surface area (Å²) in [5.41, 5.74) is 0.705. The number of nitrogens with one attached hydrogen (secondary N) is 1. The summed E-state index contributed by atoms with van der Waals surface area (Å²) in [5.74, 6) is 0.897. The number of para-hydroxylation sites is 2. The first-order valence-corrected chi connectivity index (χ1v) is 9.84. The van der Waals surface area contributed by atoms with Gasteiger partial charge in [-0.25, -0.2) is 4.98 Å². The number of nitrogens with zero attached hydrogens (tertiary/aromatic N) is 2. The second-order valence-electron chi connectivity index (χ2n) is 6.82. The van der Waals surface area contributed by atoms with Crippen LogP contribution in [-0.2, 0) is 4.79 Å². The molecule has 0 saturated carbocycles. The minimum atomic E-state index is 0.0900. The molecule has 2 aromatic rings. The lowest BCUT2D eigenvalue weighted by molar-refractivity contribution is -0.135. The molecule has 1 aliphatic rings. The summed E-state index contributed by atoms with van der Waals surface area (Å²) in [5, 5.41) is 3.95. The van der Waals surface area contributed by atoms with Crippen LogP contribution in [-0.4, -0.2) is 34.4 Å². The highest BCUT2D eigenvalue weighted by atomic mass is 35.5. The Kier molecular flexibility index (Phi) is 6.45. The molecule has 3 rings (SSSR count). The third-order valence-electron chi connectivity index (χ3n) is 4.78. The van der Waals surface area contributed by atoms with Crippen molar-refractivity contribution in [3.05, 3.63) is 46.6 Å². The van der Waals surface area contributed by atoms with E-state index < -0.39 is 0 Å². The Morgan fingerprint density at radius 2 is 1.96 bits per heavy atom. The molecule has 2 unspecified atom stereocenters. The average Bonchev–Trinajstić information content (AvgIpc) is 2.63. The van der Waals surface area contributed by atoms with E-state index in [1.807, 2.05) is 23.1 Å². The number of halogens is 2. The number of carbonyl (C=O) groups excluding carboxylic acids is 1. The van der Waals surface area contributed by atoms with Crippen molar-refractivity contribution in [2.45, 2.75) is 45.2 Å². The van der Waals surface area contributed by atoms with Crippen LogP contribution in [0.2, 0.25) is 10.0 Å². The highest BCUT2D eigenvalue weighted by Gasteiger charge is 2.28. The van der Waals surface area contributed by atoms with Gasteiger partial charge in [0.25, 0.3) is 0 Å². The van der Waals surface area contributed by atoms with E-state index in [9.17, 15) is 4.79 Å². The molecule has 0 bridgehead atoms. The molecule has 1 saturated heterocycles. The molecule has 7 heteroatoms. The standard InChI is InChI=1S/C20H23Cl2N3O2/c1-13-6-5-7-14(2)25(13)19(26)12-23-17-8-3-4-9-18(17)27-20-16(22)10-15(21)11-24-20/h3-4,8-11,13-14,23H,5-7,12H2,1-2H3. The third kappa shape index (κ3) is 4.85. The van der Waals surface area contributed by atoms with Crippen molar-refractivity contribution < 1.29 is 9.53 Å². The van der Waals surface area contributed by atoms with Gasteiger partial charge in [0.2, 0.25) is 11.8 Å². The van der Waals surface area contributed by atoms with Gasteiger partial charge in [-0.2, -0.15) is 0 Å². The number of pyridine rings is 1. The Bertz CT molecular complexity index is 806. The number of rotatable bonds is 5. The molecule has 0 spiro atoms. The van der Waals surface area contributed by atoms with Gasteiger partial charge in [-0.15, -0.1) is 0 Å². The topological polar surface area (TPSA) is 54.5 Å². The van der Waals surface area contributed by atoms with Gasteiger partial charge in [-0.1, -0.05) is 35.3 Å². The van der Waals surface area contributed by atoms with Crippen molar-refractivity contribution in [1.29, 1.82) is 0 Å². The lowest BCUT2D eigenvalue weighted by Gasteiger charge is -2.39. The average molecular weight is 408 g/mol. The molecule has 1 aliphatic heterocycles. The zero-order valence-electron chi connectivity index (χ0n) is 15.4. The first-order chi connectivity index (χ1) is 13.0. The number of carbonyl (C=O) groups is 1. The van der Waals surface area contributed by atoms with Crippen LogP contribution < -0.4 is 10.1 Å². The zero-order chi connectivity index (χ0) is 19.4. The monoisotopic (exact) mass is 407 g/mol. The van der Waals surface area contributed by atoms with Crippen molar-refractivity contribution in [2.75, 3.05) is 11.9 Å². The van der Waals surface area contributed by atoms with Gasteiger partial charge in [0, 0.05) is 18.3 Å². The lowest BCUT2D eigenvalue weighted by Crippen LogP contribution is -2.49. The quantitative estimate of drug-likeness (QED) is 0.722. The van der Waals surface area contributed by atoms with Gasteiger partial charge >= 0.3 is 0 Å². The predicted octanol–water partition coefficient (Wildman–Crippen LogP) is 5.38. The highest BCUT2D eigenvalue weighted by Crippen LogP contribution is 2.33. The third-order valence-corrected chi connectivity index (χ3v) is 5.26. The Morgan fingerprint density at radius 1 is 1.26 bits per heavy atom. The van der Waals surface area contributed by atoms with E-state index >= 15 is 0 Å². The normalized spacial score (nSPS) is 19.6. The molecule has 1 aromatic heterocycles. The smallest absolute Gasteiger partial charge is 0.242 e. The van der Waals surface area contributed by atoms with E-state index in [-0.39, 0.29) is 30.4 Å². The summed E-state index contributed by atoms with van der Waals surface area (Å²) in [6.07, 6.45) is 4.75. The minimum absolute atomic E-state index is 0.0900. The number of anilines is 1. The maximum Gasteiger partial charge on any atom is 0.242 e. The second-order valence-corrected chi connectivity index (χ2v) is 7.67. The van der Waals surface area contributed by atoms with Crippen LogP contribution >= 0.6 is 23.2 Å². The van der Waals surface area contributed by atoms with Crippen LogP contribution in [0.25, 0.3) is 0 Å². The summed E-state index contributed by atoms with van der Waals surface area (Å²) in [7, 11) is 0. The first kappa shape index (κ1) is 19.8. The number of ether oxygens (including phenoxy) is 1. The number of hydrogen-bond acceptors (Lipinski definition) is 4. The molecule has 0 aliphatic carbocycles. The van der Waals surface area contributed by atoms with E-state index in [1.54, 1.807) is 12.1 Å². The molecule has 2 atom stereocenters. The molecule has 1 aromatic carbocycles. The van der Waals surface area contributed by atoms with E-state index in [0.29, 0.717) is 21.5 Å². The number of piperidine rings is 1. The van der Waals surface area contributed by atoms with E-state index in [2.05, 4.69) is 24.1 Å². The fourth-order valence-corrected chi connectivity index (χ4v) is 3.88. The molecule has 1 fully saturated rings. The van der Waals surface area contributed by atoms with E-state index in [4.69, 9.17) is 27.9 Å². The van der Waals surface area contributed by atoms with Crippen LogP contribution in [0.3, 0.4) is 0 Å². The van der Waals surface area contributed by atoms with Crippen LogP contribution in [0.5, 0.6) is 11.6 Å². The van der Waals surface area contributed by atoms with Crippen molar-refractivity contribution in [3.8, 4) is 11.6 Å². The lowest BCUT2D eigenvalue weighted by atomic mass is 9.97. The van der Waals surface area contributed by atoms with Gasteiger partial charge in [0.15, 0.2) is 5.75 Å². The summed E-state index contributed by atoms with van der Waals surface area (Å²) in [6, 6.07) is 9.49. The summed E-state index contributed by atoms with van der Waals surface area (Å²) >= 11 is 12.0. The van der Waals surface area contributed by atoms with E-state index in [0.717, 1.165) is 12.8 Å². The Morgan fingerprint density at radius 3 is 2.67 bits per heavy atom. The number of amides is 1. The molecule has 2 heterocycles. The molecular weight excluding hydrogens is 385 g/mol. The number of hydrogen-bond donors (Lipinski definition) is 1. The maximum absolute atomic E-state index is 12.7. The zero-order valence-corrected chi connectivity index (χ0v) is 16.9. The van der Waals surface area contributed by atoms with Crippen molar-refractivity contribution >= 4 is 34.8 Å². The SMILES string of the molecule is CC1CCCC(C)N1C(=O)CNc1ccccc1Oc1ncc(Cl)cc1Cl. The molecule has 5 nitrogen and oxygen atoms in total. The number of likely N-dealkylation sites (tertiary alicyclic amines) is 1. The Labute approximate surface area is 169 Å². The van der Waals surface area contributed by atoms with Gasteiger partial charge in [-0.05, 0) is 51.3 Å². The molecule has 1 amide bonds. The van der Waals surface area contributed by atoms with E-state index in [1.165, 1.54) is 12.6 Å². The van der Waals surface area contributed by atoms with Gasteiger partial charge in [0.1, 0.15) is 5.02 Å². The fourth-order valence-electron chi connectivity index (χ4n) is 3.46. The summed E-state index contributed by atoms with van der Waals surface area (Å²) in [6.45, 7) is 4.43. The Balaban J connectivity index is 1.70. The second kappa shape index (κ2) is 8.81. The predicted molar refractivity (Wildman–Crippen MR) is 109 cm³/mol. The van der Waals surface area contributed by atoms with Crippen LogP contribution in [0.15, 0.2) is 36.5 Å². The van der Waals surface area contributed by atoms with Crippen molar-refractivity contribution in [2.24, 2.45) is 0 Å². The van der Waals surface area contributed by atoms with Crippen molar-refractivity contribution in [1.82, 2.24) is 9.88 Å². The number of benzene rings is 1. The summed E-state index contributed by atoms with van der Waals surface area (Å²) < 4.78 is 5.83. The maximum atomic E-state index is 12.7. The minimum Gasteiger partial charge on any atom is -0.435 e. The molecule has 0 radical (unpaired) electrons. The highest BCUT2D eigenvalue weighted by molar-refractivity contribution is 6.35. The van der Waals surface area contributed by atoms with Gasteiger partial charge < -0.3 is 15.0 Å². The summed E-state index contributed by atoms with van der Waals surface area (Å²) in [4.78, 5) is 18.8. The number of aromatic nitrogens is 1. The Hall–Kier alpha value is -1.98. The largest absolute Gasteiger partial charge is 0.435 e.